The lowest BCUT2D eigenvalue weighted by molar-refractivity contribution is 0.382. The van der Waals surface area contributed by atoms with E-state index in [0.717, 1.165) is 22.8 Å². The van der Waals surface area contributed by atoms with Gasteiger partial charge < -0.3 is 10.3 Å². The van der Waals surface area contributed by atoms with Gasteiger partial charge in [-0.05, 0) is 30.5 Å². The second kappa shape index (κ2) is 6.10. The van der Waals surface area contributed by atoms with Crippen LogP contribution in [0.5, 0.6) is 0 Å². The average Bonchev–Trinajstić information content (AvgIpc) is 2.74. The van der Waals surface area contributed by atoms with Gasteiger partial charge in [-0.15, -0.1) is 11.8 Å². The molecule has 0 aliphatic carbocycles. The van der Waals surface area contributed by atoms with Crippen LogP contribution >= 0.6 is 11.8 Å². The summed E-state index contributed by atoms with van der Waals surface area (Å²) in [4.78, 5) is 5.42. The first-order chi connectivity index (χ1) is 9.04. The van der Waals surface area contributed by atoms with E-state index in [0.29, 0.717) is 17.6 Å². The largest absolute Gasteiger partial charge is 0.398 e. The molecule has 2 rings (SSSR count). The van der Waals surface area contributed by atoms with Crippen molar-refractivity contribution < 1.29 is 4.52 Å². The highest BCUT2D eigenvalue weighted by Gasteiger charge is 2.09. The predicted octanol–water partition coefficient (Wildman–Crippen LogP) is 3.45. The van der Waals surface area contributed by atoms with E-state index in [2.05, 4.69) is 30.1 Å². The molecular formula is C14H19N3OS. The van der Waals surface area contributed by atoms with E-state index in [1.54, 1.807) is 11.8 Å². The van der Waals surface area contributed by atoms with Crippen LogP contribution in [0, 0.1) is 12.8 Å². The summed E-state index contributed by atoms with van der Waals surface area (Å²) in [7, 11) is 0. The summed E-state index contributed by atoms with van der Waals surface area (Å²) in [5, 5.41) is 3.97. The average molecular weight is 277 g/mol. The van der Waals surface area contributed by atoms with Crippen LogP contribution in [-0.2, 0) is 12.2 Å². The van der Waals surface area contributed by atoms with Crippen LogP contribution in [0.25, 0.3) is 0 Å². The summed E-state index contributed by atoms with van der Waals surface area (Å²) in [5.74, 6) is 2.62. The van der Waals surface area contributed by atoms with Crippen molar-refractivity contribution in [3.8, 4) is 0 Å². The molecule has 0 saturated heterocycles. The number of benzene rings is 1. The van der Waals surface area contributed by atoms with Crippen molar-refractivity contribution in [1.82, 2.24) is 10.1 Å². The Morgan fingerprint density at radius 2 is 2.16 bits per heavy atom. The third-order valence-electron chi connectivity index (χ3n) is 2.62. The Morgan fingerprint density at radius 1 is 1.37 bits per heavy atom. The molecular weight excluding hydrogens is 258 g/mol. The van der Waals surface area contributed by atoms with E-state index in [1.165, 1.54) is 5.56 Å². The molecule has 2 aromatic rings. The minimum absolute atomic E-state index is 0.533. The van der Waals surface area contributed by atoms with Crippen molar-refractivity contribution in [1.29, 1.82) is 0 Å². The molecule has 0 bridgehead atoms. The quantitative estimate of drug-likeness (QED) is 0.670. The van der Waals surface area contributed by atoms with Crippen LogP contribution in [-0.4, -0.2) is 10.1 Å². The molecule has 4 nitrogen and oxygen atoms in total. The fraction of sp³-hybridized carbons (Fsp3) is 0.429. The number of hydrogen-bond acceptors (Lipinski definition) is 5. The van der Waals surface area contributed by atoms with Crippen LogP contribution in [0.15, 0.2) is 27.6 Å². The fourth-order valence-electron chi connectivity index (χ4n) is 1.74. The van der Waals surface area contributed by atoms with Crippen molar-refractivity contribution in [3.05, 3.63) is 35.5 Å². The summed E-state index contributed by atoms with van der Waals surface area (Å²) in [5.41, 5.74) is 7.93. The molecule has 0 unspecified atom stereocenters. The molecule has 0 radical (unpaired) electrons. The number of nitrogens with zero attached hydrogens (tertiary/aromatic N) is 2. The fourth-order valence-corrected chi connectivity index (χ4v) is 2.52. The molecule has 0 aliphatic rings. The standard InChI is InChI=1S/C14H19N3OS/c1-9(2)6-13-16-14(18-17-13)8-19-12-5-4-10(3)7-11(12)15/h4-5,7,9H,6,8,15H2,1-3H3. The van der Waals surface area contributed by atoms with Gasteiger partial charge in [-0.2, -0.15) is 4.98 Å². The zero-order chi connectivity index (χ0) is 13.8. The molecule has 102 valence electrons. The van der Waals surface area contributed by atoms with E-state index in [-0.39, 0.29) is 0 Å². The maximum Gasteiger partial charge on any atom is 0.237 e. The number of rotatable bonds is 5. The summed E-state index contributed by atoms with van der Waals surface area (Å²) >= 11 is 1.62. The van der Waals surface area contributed by atoms with Crippen LogP contribution in [0.1, 0.15) is 31.1 Å². The molecule has 1 heterocycles. The van der Waals surface area contributed by atoms with Gasteiger partial charge in [-0.1, -0.05) is 25.1 Å². The summed E-state index contributed by atoms with van der Waals surface area (Å²) in [6.07, 6.45) is 0.848. The number of aryl methyl sites for hydroxylation is 1. The highest BCUT2D eigenvalue weighted by Crippen LogP contribution is 2.28. The summed E-state index contributed by atoms with van der Waals surface area (Å²) < 4.78 is 5.23. The molecule has 1 aromatic carbocycles. The van der Waals surface area contributed by atoms with Crippen molar-refractivity contribution in [2.75, 3.05) is 5.73 Å². The van der Waals surface area contributed by atoms with Crippen molar-refractivity contribution in [2.24, 2.45) is 5.92 Å². The number of thioether (sulfide) groups is 1. The topological polar surface area (TPSA) is 64.9 Å². The SMILES string of the molecule is Cc1ccc(SCc2nc(CC(C)C)no2)c(N)c1. The minimum atomic E-state index is 0.533. The number of hydrogen-bond donors (Lipinski definition) is 1. The Morgan fingerprint density at radius 3 is 2.84 bits per heavy atom. The third-order valence-corrected chi connectivity index (χ3v) is 3.69. The Balaban J connectivity index is 1.96. The first-order valence-electron chi connectivity index (χ1n) is 6.35. The van der Waals surface area contributed by atoms with Crippen molar-refractivity contribution in [3.63, 3.8) is 0 Å². The molecule has 0 atom stereocenters. The maximum absolute atomic E-state index is 5.97. The smallest absolute Gasteiger partial charge is 0.237 e. The van der Waals surface area contributed by atoms with Crippen molar-refractivity contribution >= 4 is 17.4 Å². The van der Waals surface area contributed by atoms with E-state index < -0.39 is 0 Å². The van der Waals surface area contributed by atoms with E-state index >= 15 is 0 Å². The molecule has 0 amide bonds. The summed E-state index contributed by atoms with van der Waals surface area (Å²) in [6, 6.07) is 6.05. The molecule has 19 heavy (non-hydrogen) atoms. The lowest BCUT2D eigenvalue weighted by Crippen LogP contribution is -1.96. The Labute approximate surface area is 117 Å². The molecule has 0 aliphatic heterocycles. The second-order valence-electron chi connectivity index (χ2n) is 5.03. The van der Waals surface area contributed by atoms with Gasteiger partial charge in [0.25, 0.3) is 0 Å². The van der Waals surface area contributed by atoms with Gasteiger partial charge in [-0.25, -0.2) is 0 Å². The van der Waals surface area contributed by atoms with Gasteiger partial charge in [0.05, 0.1) is 5.75 Å². The predicted molar refractivity (Wildman–Crippen MR) is 78.0 cm³/mol. The monoisotopic (exact) mass is 277 g/mol. The van der Waals surface area contributed by atoms with Gasteiger partial charge >= 0.3 is 0 Å². The van der Waals surface area contributed by atoms with Gasteiger partial charge in [0.2, 0.25) is 5.89 Å². The zero-order valence-electron chi connectivity index (χ0n) is 11.5. The third kappa shape index (κ3) is 3.99. The number of nitrogen functional groups attached to an aromatic ring is 1. The molecule has 0 saturated carbocycles. The normalized spacial score (nSPS) is 11.2. The second-order valence-corrected chi connectivity index (χ2v) is 6.05. The van der Waals surface area contributed by atoms with Gasteiger partial charge in [0.1, 0.15) is 0 Å². The zero-order valence-corrected chi connectivity index (χ0v) is 12.3. The molecule has 0 spiro atoms. The van der Waals surface area contributed by atoms with Crippen LogP contribution in [0.2, 0.25) is 0 Å². The van der Waals surface area contributed by atoms with Gasteiger partial charge in [-0.3, -0.25) is 0 Å². The molecule has 2 N–H and O–H groups in total. The highest BCUT2D eigenvalue weighted by molar-refractivity contribution is 7.98. The summed E-state index contributed by atoms with van der Waals surface area (Å²) in [6.45, 7) is 6.30. The van der Waals surface area contributed by atoms with Crippen LogP contribution < -0.4 is 5.73 Å². The lowest BCUT2D eigenvalue weighted by atomic mass is 10.1. The molecule has 1 aromatic heterocycles. The molecule has 5 heteroatoms. The Kier molecular flexibility index (Phi) is 4.47. The number of anilines is 1. The first kappa shape index (κ1) is 13.9. The maximum atomic E-state index is 5.97. The minimum Gasteiger partial charge on any atom is -0.398 e. The first-order valence-corrected chi connectivity index (χ1v) is 7.33. The van der Waals surface area contributed by atoms with E-state index in [4.69, 9.17) is 10.3 Å². The number of aromatic nitrogens is 2. The Bertz CT molecular complexity index is 551. The highest BCUT2D eigenvalue weighted by atomic mass is 32.2. The van der Waals surface area contributed by atoms with Crippen molar-refractivity contribution in [2.45, 2.75) is 37.8 Å². The van der Waals surface area contributed by atoms with Crippen LogP contribution in [0.3, 0.4) is 0 Å². The van der Waals surface area contributed by atoms with Gasteiger partial charge in [0.15, 0.2) is 5.82 Å². The van der Waals surface area contributed by atoms with Crippen LogP contribution in [0.4, 0.5) is 5.69 Å². The van der Waals surface area contributed by atoms with E-state index in [1.807, 2.05) is 19.1 Å². The lowest BCUT2D eigenvalue weighted by Gasteiger charge is -2.04. The van der Waals surface area contributed by atoms with Gasteiger partial charge in [0, 0.05) is 17.0 Å². The number of nitrogens with two attached hydrogens (primary N) is 1. The molecule has 0 fully saturated rings. The Hall–Kier alpha value is -1.49. The van der Waals surface area contributed by atoms with E-state index in [9.17, 15) is 0 Å².